The maximum absolute atomic E-state index is 13.2. The molecule has 158 valence electrons. The topological polar surface area (TPSA) is 60.9 Å². The summed E-state index contributed by atoms with van der Waals surface area (Å²) in [4.78, 5) is 14.1. The molecule has 0 spiro atoms. The van der Waals surface area contributed by atoms with E-state index in [2.05, 4.69) is 20.0 Å². The lowest BCUT2D eigenvalue weighted by molar-refractivity contribution is 0.624. The summed E-state index contributed by atoms with van der Waals surface area (Å²) in [6, 6.07) is 12.1. The van der Waals surface area contributed by atoms with E-state index in [-0.39, 0.29) is 5.82 Å². The first kappa shape index (κ1) is 20.0. The van der Waals surface area contributed by atoms with E-state index < -0.39 is 0 Å². The van der Waals surface area contributed by atoms with E-state index in [0.717, 1.165) is 48.9 Å². The predicted octanol–water partition coefficient (Wildman–Crippen LogP) is 5.10. The summed E-state index contributed by atoms with van der Waals surface area (Å²) in [7, 11) is 0. The van der Waals surface area contributed by atoms with Gasteiger partial charge in [0.25, 0.3) is 0 Å². The second-order valence-corrected chi connectivity index (χ2v) is 8.24. The van der Waals surface area contributed by atoms with Gasteiger partial charge in [-0.3, -0.25) is 5.10 Å². The van der Waals surface area contributed by atoms with Crippen molar-refractivity contribution in [3.05, 3.63) is 64.0 Å². The first-order valence-corrected chi connectivity index (χ1v) is 10.7. The van der Waals surface area contributed by atoms with Gasteiger partial charge in [0.05, 0.1) is 15.7 Å². The van der Waals surface area contributed by atoms with Gasteiger partial charge < -0.3 is 9.80 Å². The Bertz CT molecular complexity index is 1250. The van der Waals surface area contributed by atoms with Gasteiger partial charge in [-0.15, -0.1) is 0 Å². The number of anilines is 2. The second-order valence-electron chi connectivity index (χ2n) is 7.45. The molecule has 4 aromatic rings. The molecule has 0 radical (unpaired) electrons. The van der Waals surface area contributed by atoms with Crippen molar-refractivity contribution in [1.29, 1.82) is 0 Å². The normalized spacial score (nSPS) is 14.5. The van der Waals surface area contributed by atoms with Crippen LogP contribution in [0.2, 0.25) is 10.0 Å². The summed E-state index contributed by atoms with van der Waals surface area (Å²) >= 11 is 12.6. The Labute approximate surface area is 188 Å². The highest BCUT2D eigenvalue weighted by Crippen LogP contribution is 2.35. The SMILES string of the molecule is Cc1nc2c(-c3cccc(Cl)c3Cl)n[nH]c2nc1N1CCN(c2ccc(F)cc2)CC1. The molecule has 1 fully saturated rings. The lowest BCUT2D eigenvalue weighted by atomic mass is 10.1. The summed E-state index contributed by atoms with van der Waals surface area (Å²) in [5, 5.41) is 8.30. The van der Waals surface area contributed by atoms with Crippen molar-refractivity contribution >= 4 is 45.9 Å². The molecular weight excluding hydrogens is 438 g/mol. The lowest BCUT2D eigenvalue weighted by Gasteiger charge is -2.37. The van der Waals surface area contributed by atoms with Crippen LogP contribution in [0.4, 0.5) is 15.9 Å². The molecule has 0 aliphatic carbocycles. The Kier molecular flexibility index (Phi) is 5.16. The van der Waals surface area contributed by atoms with Crippen LogP contribution < -0.4 is 9.80 Å². The molecule has 2 aromatic carbocycles. The first-order valence-electron chi connectivity index (χ1n) is 9.94. The highest BCUT2D eigenvalue weighted by Gasteiger charge is 2.23. The second kappa shape index (κ2) is 7.98. The number of fused-ring (bicyclic) bond motifs is 1. The molecule has 0 saturated carbocycles. The van der Waals surface area contributed by atoms with E-state index >= 15 is 0 Å². The zero-order chi connectivity index (χ0) is 21.5. The maximum atomic E-state index is 13.2. The molecule has 0 atom stereocenters. The van der Waals surface area contributed by atoms with Gasteiger partial charge >= 0.3 is 0 Å². The van der Waals surface area contributed by atoms with Crippen molar-refractivity contribution in [2.45, 2.75) is 6.92 Å². The molecular formula is C22H19Cl2FN6. The lowest BCUT2D eigenvalue weighted by Crippen LogP contribution is -2.47. The number of aromatic nitrogens is 4. The Hall–Kier alpha value is -2.90. The number of hydrogen-bond acceptors (Lipinski definition) is 5. The largest absolute Gasteiger partial charge is 0.368 e. The van der Waals surface area contributed by atoms with Crippen LogP contribution in [0.1, 0.15) is 5.69 Å². The summed E-state index contributed by atoms with van der Waals surface area (Å²) in [6.07, 6.45) is 0. The van der Waals surface area contributed by atoms with E-state index in [4.69, 9.17) is 33.2 Å². The van der Waals surface area contributed by atoms with Crippen LogP contribution in [-0.4, -0.2) is 46.3 Å². The van der Waals surface area contributed by atoms with E-state index in [0.29, 0.717) is 26.9 Å². The highest BCUT2D eigenvalue weighted by molar-refractivity contribution is 6.43. The molecule has 6 nitrogen and oxygen atoms in total. The fraction of sp³-hybridized carbons (Fsp3) is 0.227. The minimum absolute atomic E-state index is 0.223. The molecule has 9 heteroatoms. The molecule has 3 heterocycles. The van der Waals surface area contributed by atoms with Crippen LogP contribution in [0.15, 0.2) is 42.5 Å². The molecule has 1 aliphatic rings. The van der Waals surface area contributed by atoms with E-state index in [9.17, 15) is 4.39 Å². The third-order valence-corrected chi connectivity index (χ3v) is 6.34. The van der Waals surface area contributed by atoms with Crippen LogP contribution in [0.5, 0.6) is 0 Å². The zero-order valence-electron chi connectivity index (χ0n) is 16.7. The summed E-state index contributed by atoms with van der Waals surface area (Å²) in [6.45, 7) is 5.16. The van der Waals surface area contributed by atoms with Crippen molar-refractivity contribution in [3.63, 3.8) is 0 Å². The molecule has 31 heavy (non-hydrogen) atoms. The average Bonchev–Trinajstić information content (AvgIpc) is 3.18. The number of aryl methyl sites for hydroxylation is 1. The Morgan fingerprint density at radius 2 is 1.65 bits per heavy atom. The number of nitrogens with one attached hydrogen (secondary N) is 1. The monoisotopic (exact) mass is 456 g/mol. The van der Waals surface area contributed by atoms with Gasteiger partial charge in [-0.2, -0.15) is 5.10 Å². The van der Waals surface area contributed by atoms with Crippen LogP contribution in [0, 0.1) is 12.7 Å². The van der Waals surface area contributed by atoms with Gasteiger partial charge in [0.1, 0.15) is 17.0 Å². The van der Waals surface area contributed by atoms with Crippen molar-refractivity contribution in [3.8, 4) is 11.3 Å². The maximum Gasteiger partial charge on any atom is 0.177 e. The molecule has 0 unspecified atom stereocenters. The number of H-pyrrole nitrogens is 1. The molecule has 1 aliphatic heterocycles. The molecule has 2 aromatic heterocycles. The third kappa shape index (κ3) is 3.68. The number of halogens is 3. The van der Waals surface area contributed by atoms with Crippen molar-refractivity contribution in [1.82, 2.24) is 20.2 Å². The Morgan fingerprint density at radius 1 is 0.935 bits per heavy atom. The number of piperazine rings is 1. The van der Waals surface area contributed by atoms with E-state index in [1.54, 1.807) is 6.07 Å². The van der Waals surface area contributed by atoms with Crippen LogP contribution >= 0.6 is 23.2 Å². The Morgan fingerprint density at radius 3 is 2.39 bits per heavy atom. The molecule has 0 amide bonds. The zero-order valence-corrected chi connectivity index (χ0v) is 18.3. The van der Waals surface area contributed by atoms with Crippen molar-refractivity contribution in [2.75, 3.05) is 36.0 Å². The minimum atomic E-state index is -0.223. The molecule has 1 N–H and O–H groups in total. The van der Waals surface area contributed by atoms with Gasteiger partial charge in [-0.25, -0.2) is 14.4 Å². The minimum Gasteiger partial charge on any atom is -0.368 e. The van der Waals surface area contributed by atoms with E-state index in [1.807, 2.05) is 31.2 Å². The predicted molar refractivity (Wildman–Crippen MR) is 123 cm³/mol. The van der Waals surface area contributed by atoms with Crippen molar-refractivity contribution in [2.24, 2.45) is 0 Å². The Balaban J connectivity index is 1.41. The standard InChI is InChI=1S/C22H19Cl2FN6/c1-13-22(31-11-9-30(10-12-31)15-7-5-14(25)6-8-15)27-21-20(26-13)19(28-29-21)16-3-2-4-17(23)18(16)24/h2-8H,9-12H2,1H3,(H,27,28,29). The van der Waals surface area contributed by atoms with Crippen LogP contribution in [0.25, 0.3) is 22.4 Å². The average molecular weight is 457 g/mol. The van der Waals surface area contributed by atoms with Crippen molar-refractivity contribution < 1.29 is 4.39 Å². The number of hydrogen-bond donors (Lipinski definition) is 1. The number of benzene rings is 2. The van der Waals surface area contributed by atoms with E-state index in [1.165, 1.54) is 12.1 Å². The summed E-state index contributed by atoms with van der Waals surface area (Å²) < 4.78 is 13.2. The van der Waals surface area contributed by atoms with Gasteiger partial charge in [-0.05, 0) is 37.3 Å². The summed E-state index contributed by atoms with van der Waals surface area (Å²) in [5.41, 5.74) is 4.46. The summed E-state index contributed by atoms with van der Waals surface area (Å²) in [5.74, 6) is 0.609. The molecule has 5 rings (SSSR count). The fourth-order valence-corrected chi connectivity index (χ4v) is 4.31. The van der Waals surface area contributed by atoms with Gasteiger partial charge in [0.2, 0.25) is 0 Å². The molecule has 0 bridgehead atoms. The first-order chi connectivity index (χ1) is 15.0. The third-order valence-electron chi connectivity index (χ3n) is 5.52. The molecule has 1 saturated heterocycles. The number of nitrogens with zero attached hydrogens (tertiary/aromatic N) is 5. The van der Waals surface area contributed by atoms with Crippen LogP contribution in [0.3, 0.4) is 0 Å². The smallest absolute Gasteiger partial charge is 0.177 e. The van der Waals surface area contributed by atoms with Gasteiger partial charge in [-0.1, -0.05) is 35.3 Å². The van der Waals surface area contributed by atoms with Crippen LogP contribution in [-0.2, 0) is 0 Å². The number of aromatic amines is 1. The highest BCUT2D eigenvalue weighted by atomic mass is 35.5. The number of rotatable bonds is 3. The fourth-order valence-electron chi connectivity index (χ4n) is 3.92. The quantitative estimate of drug-likeness (QED) is 0.464. The van der Waals surface area contributed by atoms with Gasteiger partial charge in [0.15, 0.2) is 11.5 Å². The van der Waals surface area contributed by atoms with Gasteiger partial charge in [0, 0.05) is 37.4 Å².